The Kier molecular flexibility index (Phi) is 32.8. The summed E-state index contributed by atoms with van der Waals surface area (Å²) in [4.78, 5) is 12.5. The Morgan fingerprint density at radius 3 is 1.48 bits per heavy atom. The Hall–Kier alpha value is -1.18. The molecule has 0 aliphatic heterocycles. The minimum Gasteiger partial charge on any atom is -0.391 e. The second-order valence-corrected chi connectivity index (χ2v) is 15.1. The minimum atomic E-state index is -4.31. The smallest absolute Gasteiger partial charge is 0.266 e. The number of hydrogen-bond donors (Lipinski definition) is 3. The van der Waals surface area contributed by atoms with Gasteiger partial charge in [-0.15, -0.1) is 0 Å². The molecular formula is C39H75NO5S. The fraction of sp³-hybridized carbons (Fsp3) is 0.872. The highest BCUT2D eigenvalue weighted by molar-refractivity contribution is 7.85. The lowest BCUT2D eigenvalue weighted by Gasteiger charge is -2.23. The number of aliphatic hydroxyl groups excluding tert-OH is 1. The number of amides is 1. The van der Waals surface area contributed by atoms with E-state index in [1.165, 1.54) is 109 Å². The monoisotopic (exact) mass is 670 g/mol. The first kappa shape index (κ1) is 44.8. The maximum absolute atomic E-state index is 12.5. The predicted octanol–water partition coefficient (Wildman–Crippen LogP) is 11.2. The number of carbonyl (C=O) groups excluding carboxylic acids is 1. The summed E-state index contributed by atoms with van der Waals surface area (Å²) in [6.07, 6.45) is 41.2. The molecule has 7 heteroatoms. The van der Waals surface area contributed by atoms with Gasteiger partial charge in [0, 0.05) is 6.42 Å². The van der Waals surface area contributed by atoms with Crippen LogP contribution in [-0.4, -0.2) is 41.9 Å². The van der Waals surface area contributed by atoms with Gasteiger partial charge in [-0.3, -0.25) is 9.35 Å². The van der Waals surface area contributed by atoms with Crippen molar-refractivity contribution in [2.24, 2.45) is 0 Å². The van der Waals surface area contributed by atoms with Crippen LogP contribution < -0.4 is 5.32 Å². The van der Waals surface area contributed by atoms with Gasteiger partial charge < -0.3 is 10.4 Å². The van der Waals surface area contributed by atoms with E-state index in [4.69, 9.17) is 0 Å². The van der Waals surface area contributed by atoms with Gasteiger partial charge in [0.05, 0.1) is 17.9 Å². The van der Waals surface area contributed by atoms with E-state index in [9.17, 15) is 22.9 Å². The predicted molar refractivity (Wildman–Crippen MR) is 198 cm³/mol. The summed E-state index contributed by atoms with van der Waals surface area (Å²) < 4.78 is 32.5. The summed E-state index contributed by atoms with van der Waals surface area (Å²) in [6, 6.07) is -0.975. The number of nitrogens with one attached hydrogen (secondary N) is 1. The average molecular weight is 670 g/mol. The van der Waals surface area contributed by atoms with Crippen LogP contribution in [0.15, 0.2) is 24.3 Å². The molecule has 0 saturated carbocycles. The van der Waals surface area contributed by atoms with Crippen molar-refractivity contribution < 1.29 is 22.9 Å². The average Bonchev–Trinajstić information content (AvgIpc) is 3.01. The molecule has 3 N–H and O–H groups in total. The lowest BCUT2D eigenvalue weighted by Crippen LogP contribution is -2.47. The van der Waals surface area contributed by atoms with Crippen molar-refractivity contribution in [3.8, 4) is 0 Å². The normalized spacial score (nSPS) is 13.6. The van der Waals surface area contributed by atoms with Crippen molar-refractivity contribution in [3.63, 3.8) is 0 Å². The molecule has 272 valence electrons. The highest BCUT2D eigenvalue weighted by Gasteiger charge is 2.26. The van der Waals surface area contributed by atoms with Crippen molar-refractivity contribution in [1.82, 2.24) is 5.32 Å². The Bertz CT molecular complexity index is 826. The number of allylic oxidation sites excluding steroid dienone is 4. The summed E-state index contributed by atoms with van der Waals surface area (Å²) in [7, 11) is -4.31. The van der Waals surface area contributed by atoms with E-state index >= 15 is 0 Å². The number of hydrogen-bond acceptors (Lipinski definition) is 4. The van der Waals surface area contributed by atoms with Gasteiger partial charge in [0.1, 0.15) is 0 Å². The molecule has 0 aliphatic carbocycles. The third kappa shape index (κ3) is 34.2. The summed E-state index contributed by atoms with van der Waals surface area (Å²) in [6.45, 7) is 4.48. The largest absolute Gasteiger partial charge is 0.391 e. The lowest BCUT2D eigenvalue weighted by atomic mass is 10.0. The maximum Gasteiger partial charge on any atom is 0.266 e. The van der Waals surface area contributed by atoms with Crippen molar-refractivity contribution in [2.75, 3.05) is 5.75 Å². The summed E-state index contributed by atoms with van der Waals surface area (Å²) >= 11 is 0. The van der Waals surface area contributed by atoms with Gasteiger partial charge >= 0.3 is 0 Å². The van der Waals surface area contributed by atoms with E-state index in [0.29, 0.717) is 12.8 Å². The van der Waals surface area contributed by atoms with E-state index in [1.807, 2.05) is 0 Å². The third-order valence-corrected chi connectivity index (χ3v) is 9.69. The first-order valence-electron chi connectivity index (χ1n) is 19.5. The van der Waals surface area contributed by atoms with Crippen LogP contribution in [0.2, 0.25) is 0 Å². The molecule has 0 aromatic rings. The Morgan fingerprint density at radius 1 is 0.587 bits per heavy atom. The third-order valence-electron chi connectivity index (χ3n) is 8.91. The molecule has 0 spiro atoms. The van der Waals surface area contributed by atoms with E-state index in [-0.39, 0.29) is 5.91 Å². The highest BCUT2D eigenvalue weighted by atomic mass is 32.2. The van der Waals surface area contributed by atoms with E-state index in [2.05, 4.69) is 43.5 Å². The van der Waals surface area contributed by atoms with Gasteiger partial charge in [-0.25, -0.2) is 0 Å². The zero-order valence-corrected chi connectivity index (χ0v) is 31.0. The molecule has 0 saturated heterocycles. The summed E-state index contributed by atoms with van der Waals surface area (Å²) in [5.41, 5.74) is 0. The number of aliphatic hydroxyl groups is 1. The van der Waals surface area contributed by atoms with Crippen molar-refractivity contribution in [3.05, 3.63) is 24.3 Å². The van der Waals surface area contributed by atoms with Crippen LogP contribution in [0.5, 0.6) is 0 Å². The van der Waals surface area contributed by atoms with Crippen LogP contribution in [0, 0.1) is 0 Å². The molecule has 0 rings (SSSR count). The second kappa shape index (κ2) is 33.7. The van der Waals surface area contributed by atoms with E-state index < -0.39 is 28.0 Å². The lowest BCUT2D eigenvalue weighted by molar-refractivity contribution is -0.122. The number of carbonyl (C=O) groups is 1. The van der Waals surface area contributed by atoms with Crippen LogP contribution in [0.4, 0.5) is 0 Å². The Labute approximate surface area is 285 Å². The maximum atomic E-state index is 12.5. The Morgan fingerprint density at radius 2 is 1.00 bits per heavy atom. The molecule has 1 amide bonds. The van der Waals surface area contributed by atoms with Crippen LogP contribution in [0.25, 0.3) is 0 Å². The van der Waals surface area contributed by atoms with Gasteiger partial charge in [-0.1, -0.05) is 179 Å². The topological polar surface area (TPSA) is 104 Å². The van der Waals surface area contributed by atoms with Crippen molar-refractivity contribution in [2.45, 2.75) is 212 Å². The summed E-state index contributed by atoms with van der Waals surface area (Å²) in [5.74, 6) is -0.911. The van der Waals surface area contributed by atoms with Gasteiger partial charge in [0.25, 0.3) is 10.1 Å². The molecule has 0 radical (unpaired) electrons. The van der Waals surface area contributed by atoms with Gasteiger partial charge in [0.2, 0.25) is 5.91 Å². The molecule has 2 atom stereocenters. The zero-order chi connectivity index (χ0) is 34.0. The fourth-order valence-electron chi connectivity index (χ4n) is 5.94. The molecule has 0 aromatic heterocycles. The molecule has 0 aliphatic rings. The standard InChI is InChI=1S/C39H75NO5S/c1-3-5-7-9-11-13-15-17-19-20-21-22-24-26-28-30-32-34-38(41)37(36-46(43,44)45)40-39(42)35-33-31-29-27-25-23-18-16-14-12-10-8-6-4-2/h10,12,16,18,37-38,41H,3-9,11,13-15,17,19-36H2,1-2H3,(H,40,42)(H,43,44,45)/b12-10-,18-16-. The van der Waals surface area contributed by atoms with Gasteiger partial charge in [-0.05, 0) is 38.5 Å². The number of unbranched alkanes of at least 4 members (excludes halogenated alkanes) is 23. The molecule has 6 nitrogen and oxygen atoms in total. The Balaban J connectivity index is 3.90. The molecule has 0 bridgehead atoms. The zero-order valence-electron chi connectivity index (χ0n) is 30.2. The molecule has 0 heterocycles. The highest BCUT2D eigenvalue weighted by Crippen LogP contribution is 2.16. The number of rotatable bonds is 35. The quantitative estimate of drug-likeness (QED) is 0.0354. The van der Waals surface area contributed by atoms with Crippen molar-refractivity contribution in [1.29, 1.82) is 0 Å². The molecule has 0 fully saturated rings. The summed E-state index contributed by atoms with van der Waals surface area (Å²) in [5, 5.41) is 13.3. The van der Waals surface area contributed by atoms with Gasteiger partial charge in [0.15, 0.2) is 0 Å². The van der Waals surface area contributed by atoms with E-state index in [0.717, 1.165) is 64.2 Å². The van der Waals surface area contributed by atoms with Crippen molar-refractivity contribution >= 4 is 16.0 Å². The molecule has 46 heavy (non-hydrogen) atoms. The van der Waals surface area contributed by atoms with Gasteiger partial charge in [-0.2, -0.15) is 8.42 Å². The molecular weight excluding hydrogens is 594 g/mol. The van der Waals surface area contributed by atoms with Crippen LogP contribution in [-0.2, 0) is 14.9 Å². The first-order chi connectivity index (χ1) is 22.3. The SMILES string of the molecule is CCCC/C=C\C/C=C\CCCCCCCC(=O)NC(CS(=O)(=O)O)C(O)CCCCCCCCCCCCCCCCCCC. The van der Waals surface area contributed by atoms with Crippen LogP contribution in [0.1, 0.15) is 200 Å². The van der Waals surface area contributed by atoms with E-state index in [1.54, 1.807) is 0 Å². The van der Waals surface area contributed by atoms with Crippen LogP contribution in [0.3, 0.4) is 0 Å². The first-order valence-corrected chi connectivity index (χ1v) is 21.1. The fourth-order valence-corrected chi connectivity index (χ4v) is 6.70. The second-order valence-electron chi connectivity index (χ2n) is 13.6. The molecule has 2 unspecified atom stereocenters. The minimum absolute atomic E-state index is 0.259. The van der Waals surface area contributed by atoms with Crippen LogP contribution >= 0.6 is 0 Å². The molecule has 0 aromatic carbocycles.